The highest BCUT2D eigenvalue weighted by atomic mass is 35.5. The Balaban J connectivity index is 2.08. The summed E-state index contributed by atoms with van der Waals surface area (Å²) in [5.74, 6) is -0.517. The second-order valence-corrected chi connectivity index (χ2v) is 5.21. The highest BCUT2D eigenvalue weighted by Crippen LogP contribution is 2.33. The van der Waals surface area contributed by atoms with Crippen LogP contribution in [0.5, 0.6) is 0 Å². The Kier molecular flexibility index (Phi) is 3.75. The smallest absolute Gasteiger partial charge is 0.310 e. The summed E-state index contributed by atoms with van der Waals surface area (Å²) in [4.78, 5) is 27.7. The van der Waals surface area contributed by atoms with Gasteiger partial charge in [-0.05, 0) is 25.5 Å². The molecule has 6 heteroatoms. The summed E-state index contributed by atoms with van der Waals surface area (Å²) in [5.41, 5.74) is -1.13. The van der Waals surface area contributed by atoms with E-state index >= 15 is 0 Å². The van der Waals surface area contributed by atoms with Crippen molar-refractivity contribution in [2.45, 2.75) is 32.3 Å². The fourth-order valence-corrected chi connectivity index (χ4v) is 2.16. The van der Waals surface area contributed by atoms with Gasteiger partial charge in [0.05, 0.1) is 10.9 Å². The number of hydrogen-bond acceptors (Lipinski definition) is 4. The Bertz CT molecular complexity index is 503. The van der Waals surface area contributed by atoms with Crippen molar-refractivity contribution >= 4 is 29.3 Å². The number of nitrogens with one attached hydrogen (secondary N) is 1. The predicted molar refractivity (Wildman–Crippen MR) is 70.8 cm³/mol. The maximum atomic E-state index is 12.2. The number of ether oxygens (including phenoxy) is 1. The van der Waals surface area contributed by atoms with Gasteiger partial charge in [-0.1, -0.05) is 18.5 Å². The molecule has 1 aliphatic heterocycles. The molecule has 1 fully saturated rings. The third kappa shape index (κ3) is 2.87. The van der Waals surface area contributed by atoms with E-state index in [1.165, 1.54) is 6.20 Å². The Morgan fingerprint density at radius 3 is 2.89 bits per heavy atom. The monoisotopic (exact) mass is 282 g/mol. The molecule has 1 aromatic heterocycles. The van der Waals surface area contributed by atoms with Crippen LogP contribution >= 0.6 is 11.6 Å². The number of halogens is 1. The van der Waals surface area contributed by atoms with E-state index < -0.39 is 5.60 Å². The van der Waals surface area contributed by atoms with Crippen molar-refractivity contribution in [3.8, 4) is 0 Å². The fraction of sp³-hybridized carbons (Fsp3) is 0.462. The van der Waals surface area contributed by atoms with Gasteiger partial charge in [0.15, 0.2) is 5.60 Å². The van der Waals surface area contributed by atoms with Crippen molar-refractivity contribution in [3.05, 3.63) is 23.4 Å². The van der Waals surface area contributed by atoms with Crippen molar-refractivity contribution in [3.63, 3.8) is 0 Å². The zero-order chi connectivity index (χ0) is 14.0. The van der Waals surface area contributed by atoms with Crippen LogP contribution < -0.4 is 5.32 Å². The first-order chi connectivity index (χ1) is 8.94. The normalized spacial score (nSPS) is 26.1. The number of carbonyl (C=O) groups is 2. The lowest BCUT2D eigenvalue weighted by molar-refractivity contribution is -0.155. The molecule has 0 bridgehead atoms. The third-order valence-corrected chi connectivity index (χ3v) is 3.46. The lowest BCUT2D eigenvalue weighted by atomic mass is 9.93. The van der Waals surface area contributed by atoms with Gasteiger partial charge in [0.25, 0.3) is 5.91 Å². The fourth-order valence-electron chi connectivity index (χ4n) is 2.05. The van der Waals surface area contributed by atoms with Gasteiger partial charge in [0.2, 0.25) is 0 Å². The molecular weight excluding hydrogens is 268 g/mol. The molecule has 1 aromatic rings. The molecule has 102 valence electrons. The minimum atomic E-state index is -1.13. The van der Waals surface area contributed by atoms with Gasteiger partial charge in [-0.25, -0.2) is 4.98 Å². The van der Waals surface area contributed by atoms with E-state index in [-0.39, 0.29) is 17.8 Å². The number of carbonyl (C=O) groups excluding carboxylic acids is 2. The molecule has 0 spiro atoms. The molecule has 0 radical (unpaired) electrons. The largest absolute Gasteiger partial charge is 0.449 e. The van der Waals surface area contributed by atoms with E-state index in [2.05, 4.69) is 10.3 Å². The lowest BCUT2D eigenvalue weighted by Gasteiger charge is -2.21. The van der Waals surface area contributed by atoms with Crippen molar-refractivity contribution in [1.82, 2.24) is 4.98 Å². The summed E-state index contributed by atoms with van der Waals surface area (Å²) in [7, 11) is 0. The third-order valence-electron chi connectivity index (χ3n) is 3.24. The number of aromatic nitrogens is 1. The Morgan fingerprint density at radius 1 is 1.63 bits per heavy atom. The first kappa shape index (κ1) is 13.8. The number of amides is 1. The number of esters is 1. The summed E-state index contributed by atoms with van der Waals surface area (Å²) in [5, 5.41) is 3.12. The maximum Gasteiger partial charge on any atom is 0.310 e. The number of rotatable bonds is 3. The Morgan fingerprint density at radius 2 is 2.37 bits per heavy atom. The average Bonchev–Trinajstić information content (AvgIpc) is 2.68. The molecule has 0 aromatic carbocycles. The quantitative estimate of drug-likeness (QED) is 0.865. The number of cyclic esters (lactones) is 1. The van der Waals surface area contributed by atoms with Crippen LogP contribution in [0.1, 0.15) is 26.7 Å². The molecule has 1 saturated heterocycles. The molecule has 2 rings (SSSR count). The molecule has 1 aliphatic rings. The van der Waals surface area contributed by atoms with Gasteiger partial charge >= 0.3 is 5.97 Å². The van der Waals surface area contributed by atoms with Gasteiger partial charge in [0, 0.05) is 12.6 Å². The van der Waals surface area contributed by atoms with E-state index in [4.69, 9.17) is 16.3 Å². The van der Waals surface area contributed by atoms with Crippen molar-refractivity contribution in [2.75, 3.05) is 5.32 Å². The standard InChI is InChI=1S/C13H15ClN2O3/c1-3-8-6-13(2,19-11(8)17)12(18)16-10-5-4-9(14)7-15-10/h4-5,7-8H,3,6H2,1-2H3,(H,15,16,18). The maximum absolute atomic E-state index is 12.2. The highest BCUT2D eigenvalue weighted by molar-refractivity contribution is 6.30. The van der Waals surface area contributed by atoms with Crippen LogP contribution in [0.2, 0.25) is 5.02 Å². The van der Waals surface area contributed by atoms with Crippen LogP contribution in [0.3, 0.4) is 0 Å². The van der Waals surface area contributed by atoms with Crippen LogP contribution in [0.15, 0.2) is 18.3 Å². The van der Waals surface area contributed by atoms with E-state index in [0.29, 0.717) is 23.7 Å². The average molecular weight is 283 g/mol. The molecule has 2 heterocycles. The highest BCUT2D eigenvalue weighted by Gasteiger charge is 2.48. The van der Waals surface area contributed by atoms with Crippen molar-refractivity contribution < 1.29 is 14.3 Å². The van der Waals surface area contributed by atoms with Gasteiger partial charge in [-0.3, -0.25) is 9.59 Å². The number of nitrogens with zero attached hydrogens (tertiary/aromatic N) is 1. The summed E-state index contributed by atoms with van der Waals surface area (Å²) in [6, 6.07) is 3.22. The molecule has 1 N–H and O–H groups in total. The zero-order valence-corrected chi connectivity index (χ0v) is 11.5. The summed E-state index contributed by atoms with van der Waals surface area (Å²) < 4.78 is 5.21. The minimum Gasteiger partial charge on any atom is -0.449 e. The van der Waals surface area contributed by atoms with Gasteiger partial charge in [0.1, 0.15) is 5.82 Å². The minimum absolute atomic E-state index is 0.214. The predicted octanol–water partition coefficient (Wildman–Crippen LogP) is 2.41. The molecular formula is C13H15ClN2O3. The van der Waals surface area contributed by atoms with Crippen molar-refractivity contribution in [1.29, 1.82) is 0 Å². The number of hydrogen-bond donors (Lipinski definition) is 1. The SMILES string of the molecule is CCC1CC(C)(C(=O)Nc2ccc(Cl)cn2)OC1=O. The van der Waals surface area contributed by atoms with Gasteiger partial charge < -0.3 is 10.1 Å². The topological polar surface area (TPSA) is 68.3 Å². The second-order valence-electron chi connectivity index (χ2n) is 4.78. The zero-order valence-electron chi connectivity index (χ0n) is 10.8. The number of anilines is 1. The summed E-state index contributed by atoms with van der Waals surface area (Å²) in [6.45, 7) is 3.52. The molecule has 1 amide bonds. The van der Waals surface area contributed by atoms with Crippen LogP contribution in [0, 0.1) is 5.92 Å². The summed E-state index contributed by atoms with van der Waals surface area (Å²) >= 11 is 5.72. The second kappa shape index (κ2) is 5.17. The van der Waals surface area contributed by atoms with E-state index in [1.807, 2.05) is 6.92 Å². The number of pyridine rings is 1. The molecule has 2 atom stereocenters. The van der Waals surface area contributed by atoms with Crippen LogP contribution in [0.25, 0.3) is 0 Å². The Labute approximate surface area is 116 Å². The van der Waals surface area contributed by atoms with Crippen LogP contribution in [-0.4, -0.2) is 22.5 Å². The van der Waals surface area contributed by atoms with Crippen LogP contribution in [-0.2, 0) is 14.3 Å². The van der Waals surface area contributed by atoms with E-state index in [1.54, 1.807) is 19.1 Å². The Hall–Kier alpha value is -1.62. The molecule has 19 heavy (non-hydrogen) atoms. The molecule has 5 nitrogen and oxygen atoms in total. The van der Waals surface area contributed by atoms with E-state index in [0.717, 1.165) is 0 Å². The lowest BCUT2D eigenvalue weighted by Crippen LogP contribution is -2.40. The van der Waals surface area contributed by atoms with Gasteiger partial charge in [-0.2, -0.15) is 0 Å². The van der Waals surface area contributed by atoms with Crippen molar-refractivity contribution in [2.24, 2.45) is 5.92 Å². The van der Waals surface area contributed by atoms with E-state index in [9.17, 15) is 9.59 Å². The molecule has 0 saturated carbocycles. The molecule has 2 unspecified atom stereocenters. The molecule has 0 aliphatic carbocycles. The first-order valence-corrected chi connectivity index (χ1v) is 6.48. The van der Waals surface area contributed by atoms with Crippen LogP contribution in [0.4, 0.5) is 5.82 Å². The first-order valence-electron chi connectivity index (χ1n) is 6.10. The summed E-state index contributed by atoms with van der Waals surface area (Å²) in [6.07, 6.45) is 2.50. The van der Waals surface area contributed by atoms with Gasteiger partial charge in [-0.15, -0.1) is 0 Å².